The lowest BCUT2D eigenvalue weighted by Gasteiger charge is -2.03. The van der Waals surface area contributed by atoms with E-state index in [1.807, 2.05) is 0 Å². The molecule has 0 bridgehead atoms. The van der Waals surface area contributed by atoms with Gasteiger partial charge in [-0.1, -0.05) is 11.6 Å². The van der Waals surface area contributed by atoms with Crippen LogP contribution in [0.3, 0.4) is 0 Å². The molecule has 25 heavy (non-hydrogen) atoms. The van der Waals surface area contributed by atoms with Crippen LogP contribution in [0.2, 0.25) is 5.02 Å². The molecule has 1 N–H and O–H groups in total. The summed E-state index contributed by atoms with van der Waals surface area (Å²) in [6.07, 6.45) is 1.34. The van der Waals surface area contributed by atoms with Crippen molar-refractivity contribution in [2.75, 3.05) is 12.2 Å². The van der Waals surface area contributed by atoms with E-state index in [1.54, 1.807) is 12.1 Å². The largest absolute Gasteiger partial charge is 0.454 e. The first-order chi connectivity index (χ1) is 12.0. The number of hydrogen-bond acceptors (Lipinski definition) is 8. The van der Waals surface area contributed by atoms with Crippen LogP contribution in [0.4, 0.5) is 17.1 Å². The lowest BCUT2D eigenvalue weighted by Crippen LogP contribution is -1.99. The van der Waals surface area contributed by atoms with Gasteiger partial charge in [0.2, 0.25) is 6.79 Å². The summed E-state index contributed by atoms with van der Waals surface area (Å²) in [6.45, 7) is 0.0967. The lowest BCUT2D eigenvalue weighted by molar-refractivity contribution is -0.393. The monoisotopic (exact) mass is 364 g/mol. The normalized spacial score (nSPS) is 12.4. The van der Waals surface area contributed by atoms with Crippen LogP contribution < -0.4 is 14.9 Å². The highest BCUT2D eigenvalue weighted by atomic mass is 35.5. The summed E-state index contributed by atoms with van der Waals surface area (Å²) >= 11 is 6.09. The molecule has 2 aromatic carbocycles. The van der Waals surface area contributed by atoms with Crippen molar-refractivity contribution in [3.05, 3.63) is 61.1 Å². The fourth-order valence-electron chi connectivity index (χ4n) is 2.08. The number of nitro benzene ring substituents is 2. The third-order valence-electron chi connectivity index (χ3n) is 3.27. The van der Waals surface area contributed by atoms with Crippen LogP contribution in [0.1, 0.15) is 5.56 Å². The van der Waals surface area contributed by atoms with Gasteiger partial charge < -0.3 is 9.47 Å². The van der Waals surface area contributed by atoms with Crippen molar-refractivity contribution in [2.45, 2.75) is 0 Å². The van der Waals surface area contributed by atoms with Crippen molar-refractivity contribution in [1.82, 2.24) is 0 Å². The van der Waals surface area contributed by atoms with Crippen molar-refractivity contribution in [3.63, 3.8) is 0 Å². The number of anilines is 1. The van der Waals surface area contributed by atoms with Gasteiger partial charge in [-0.05, 0) is 12.1 Å². The molecule has 0 spiro atoms. The van der Waals surface area contributed by atoms with Gasteiger partial charge in [-0.3, -0.25) is 25.7 Å². The van der Waals surface area contributed by atoms with Gasteiger partial charge >= 0.3 is 5.69 Å². The lowest BCUT2D eigenvalue weighted by atomic mass is 10.2. The Labute approximate surface area is 144 Å². The molecule has 1 aliphatic rings. The molecule has 128 valence electrons. The Balaban J connectivity index is 1.83. The second kappa shape index (κ2) is 6.61. The number of non-ortho nitro benzene ring substituents is 1. The molecule has 0 aromatic heterocycles. The average Bonchev–Trinajstić information content (AvgIpc) is 3.01. The maximum absolute atomic E-state index is 11.1. The topological polar surface area (TPSA) is 129 Å². The highest BCUT2D eigenvalue weighted by molar-refractivity contribution is 6.33. The summed E-state index contributed by atoms with van der Waals surface area (Å²) in [5, 5.41) is 26.0. The Morgan fingerprint density at radius 2 is 1.84 bits per heavy atom. The molecular formula is C14H9ClN4O6. The molecule has 0 amide bonds. The van der Waals surface area contributed by atoms with E-state index >= 15 is 0 Å². The number of rotatable bonds is 5. The number of benzene rings is 2. The maximum atomic E-state index is 11.1. The molecule has 0 saturated heterocycles. The number of hydrazone groups is 1. The van der Waals surface area contributed by atoms with E-state index in [2.05, 4.69) is 10.5 Å². The van der Waals surface area contributed by atoms with Crippen LogP contribution in [-0.2, 0) is 0 Å². The molecule has 0 fully saturated rings. The quantitative estimate of drug-likeness (QED) is 0.489. The molecule has 1 heterocycles. The molecule has 0 atom stereocenters. The van der Waals surface area contributed by atoms with Gasteiger partial charge in [-0.25, -0.2) is 0 Å². The smallest absolute Gasteiger partial charge is 0.301 e. The first-order valence-electron chi connectivity index (χ1n) is 6.77. The van der Waals surface area contributed by atoms with Gasteiger partial charge in [0, 0.05) is 17.7 Å². The van der Waals surface area contributed by atoms with Crippen molar-refractivity contribution in [1.29, 1.82) is 0 Å². The highest BCUT2D eigenvalue weighted by Gasteiger charge is 2.19. The summed E-state index contributed by atoms with van der Waals surface area (Å²) in [7, 11) is 0. The van der Waals surface area contributed by atoms with Crippen LogP contribution in [0.5, 0.6) is 11.5 Å². The number of ether oxygens (including phenoxy) is 2. The molecule has 0 saturated carbocycles. The van der Waals surface area contributed by atoms with Crippen molar-refractivity contribution < 1.29 is 19.3 Å². The predicted molar refractivity (Wildman–Crippen MR) is 88.5 cm³/mol. The number of fused-ring (bicyclic) bond motifs is 1. The number of halogens is 1. The maximum Gasteiger partial charge on any atom is 0.301 e. The zero-order valence-corrected chi connectivity index (χ0v) is 13.1. The molecule has 0 unspecified atom stereocenters. The van der Waals surface area contributed by atoms with Crippen LogP contribution in [0.25, 0.3) is 0 Å². The summed E-state index contributed by atoms with van der Waals surface area (Å²) in [5.74, 6) is 1.02. The minimum atomic E-state index is -0.738. The minimum absolute atomic E-state index is 0.00344. The van der Waals surface area contributed by atoms with E-state index in [1.165, 1.54) is 12.3 Å². The van der Waals surface area contributed by atoms with E-state index in [0.29, 0.717) is 22.1 Å². The first-order valence-corrected chi connectivity index (χ1v) is 7.14. The molecule has 0 aliphatic carbocycles. The fourth-order valence-corrected chi connectivity index (χ4v) is 2.28. The first kappa shape index (κ1) is 16.5. The molecule has 10 nitrogen and oxygen atoms in total. The summed E-state index contributed by atoms with van der Waals surface area (Å²) < 4.78 is 10.4. The standard InChI is InChI=1S/C14H9ClN4O6/c15-10-5-14-13(24-7-25-14)3-8(10)6-16-17-11-2-1-9(18(20)21)4-12(11)19(22)23/h1-6,17H,7H2/b16-6+. The molecule has 2 aromatic rings. The third-order valence-corrected chi connectivity index (χ3v) is 3.60. The SMILES string of the molecule is O=[N+]([O-])c1ccc(N/N=C/c2cc3c(cc2Cl)OCO3)c([N+](=O)[O-])c1. The van der Waals surface area contributed by atoms with Crippen molar-refractivity contribution in [3.8, 4) is 11.5 Å². The third kappa shape index (κ3) is 3.43. The number of hydrogen-bond donors (Lipinski definition) is 1. The van der Waals surface area contributed by atoms with Crippen molar-refractivity contribution in [2.24, 2.45) is 5.10 Å². The van der Waals surface area contributed by atoms with E-state index in [9.17, 15) is 20.2 Å². The zero-order valence-electron chi connectivity index (χ0n) is 12.3. The second-order valence-corrected chi connectivity index (χ2v) is 5.22. The van der Waals surface area contributed by atoms with Crippen LogP contribution in [0.15, 0.2) is 35.4 Å². The van der Waals surface area contributed by atoms with Crippen LogP contribution in [0, 0.1) is 20.2 Å². The van der Waals surface area contributed by atoms with Crippen LogP contribution in [-0.4, -0.2) is 22.9 Å². The minimum Gasteiger partial charge on any atom is -0.454 e. The van der Waals surface area contributed by atoms with E-state index in [4.69, 9.17) is 21.1 Å². The van der Waals surface area contributed by atoms with E-state index in [-0.39, 0.29) is 18.2 Å². The predicted octanol–water partition coefficient (Wildman–Crippen LogP) is 3.33. The number of nitrogens with zero attached hydrogens (tertiary/aromatic N) is 3. The van der Waals surface area contributed by atoms with E-state index in [0.717, 1.165) is 12.1 Å². The zero-order chi connectivity index (χ0) is 18.0. The Morgan fingerprint density at radius 3 is 2.52 bits per heavy atom. The average molecular weight is 365 g/mol. The van der Waals surface area contributed by atoms with Gasteiger partial charge in [-0.15, -0.1) is 0 Å². The molecular weight excluding hydrogens is 356 g/mol. The van der Waals surface area contributed by atoms with Gasteiger partial charge in [0.05, 0.1) is 27.2 Å². The Bertz CT molecular complexity index is 901. The molecule has 0 radical (unpaired) electrons. The van der Waals surface area contributed by atoms with Gasteiger partial charge in [0.1, 0.15) is 5.69 Å². The number of nitrogens with one attached hydrogen (secondary N) is 1. The summed E-state index contributed by atoms with van der Waals surface area (Å²) in [5.41, 5.74) is 2.13. The van der Waals surface area contributed by atoms with Gasteiger partial charge in [0.15, 0.2) is 11.5 Å². The second-order valence-electron chi connectivity index (χ2n) is 4.81. The number of nitro groups is 2. The van der Waals surface area contributed by atoms with Crippen LogP contribution >= 0.6 is 11.6 Å². The van der Waals surface area contributed by atoms with E-state index < -0.39 is 15.5 Å². The fraction of sp³-hybridized carbons (Fsp3) is 0.0714. The van der Waals surface area contributed by atoms with Crippen molar-refractivity contribution >= 4 is 34.9 Å². The Morgan fingerprint density at radius 1 is 1.12 bits per heavy atom. The Kier molecular flexibility index (Phi) is 4.35. The summed E-state index contributed by atoms with van der Waals surface area (Å²) in [6, 6.07) is 6.37. The molecule has 3 rings (SSSR count). The summed E-state index contributed by atoms with van der Waals surface area (Å²) in [4.78, 5) is 20.3. The molecule has 11 heteroatoms. The molecule has 1 aliphatic heterocycles. The highest BCUT2D eigenvalue weighted by Crippen LogP contribution is 2.36. The van der Waals surface area contributed by atoms with Gasteiger partial charge in [0.25, 0.3) is 5.69 Å². The van der Waals surface area contributed by atoms with Gasteiger partial charge in [-0.2, -0.15) is 5.10 Å². The Hall–Kier alpha value is -3.40.